The van der Waals surface area contributed by atoms with Crippen molar-refractivity contribution in [2.45, 2.75) is 19.3 Å². The highest BCUT2D eigenvalue weighted by atomic mass is 79.9. The van der Waals surface area contributed by atoms with Crippen LogP contribution >= 0.6 is 15.9 Å². The Bertz CT molecular complexity index is 1170. The van der Waals surface area contributed by atoms with Crippen LogP contribution in [0.5, 0.6) is 0 Å². The first-order valence-corrected chi connectivity index (χ1v) is 10.8. The molecule has 1 aromatic heterocycles. The van der Waals surface area contributed by atoms with Gasteiger partial charge in [0.1, 0.15) is 6.61 Å². The van der Waals surface area contributed by atoms with Crippen molar-refractivity contribution in [3.8, 4) is 5.69 Å². The number of fused-ring (bicyclic) bond motifs is 4. The minimum Gasteiger partial charge on any atom is -0.394 e. The van der Waals surface area contributed by atoms with Crippen LogP contribution in [0.1, 0.15) is 30.7 Å². The molecule has 148 valence electrons. The lowest BCUT2D eigenvalue weighted by Crippen LogP contribution is -2.32. The molecule has 29 heavy (non-hydrogen) atoms. The molecule has 0 N–H and O–H groups in total. The van der Waals surface area contributed by atoms with Crippen LogP contribution in [-0.2, 0) is 4.84 Å². The summed E-state index contributed by atoms with van der Waals surface area (Å²) in [7, 11) is 0. The Kier molecular flexibility index (Phi) is 4.93. The van der Waals surface area contributed by atoms with E-state index in [2.05, 4.69) is 26.0 Å². The van der Waals surface area contributed by atoms with E-state index >= 15 is 0 Å². The number of piperidine rings is 1. The van der Waals surface area contributed by atoms with Crippen LogP contribution in [0.2, 0.25) is 0 Å². The van der Waals surface area contributed by atoms with Gasteiger partial charge in [-0.15, -0.1) is 0 Å². The van der Waals surface area contributed by atoms with Gasteiger partial charge in [0.15, 0.2) is 11.5 Å². The van der Waals surface area contributed by atoms with E-state index in [1.807, 2.05) is 36.4 Å². The van der Waals surface area contributed by atoms with Gasteiger partial charge in [-0.3, -0.25) is 14.3 Å². The molecule has 0 atom stereocenters. The van der Waals surface area contributed by atoms with E-state index in [0.717, 1.165) is 35.4 Å². The average molecular weight is 453 g/mol. The highest BCUT2D eigenvalue weighted by Crippen LogP contribution is 2.29. The average Bonchev–Trinajstić information content (AvgIpc) is 3.05. The van der Waals surface area contributed by atoms with Crippen molar-refractivity contribution in [2.24, 2.45) is 5.16 Å². The lowest BCUT2D eigenvalue weighted by Gasteiger charge is -2.25. The predicted molar refractivity (Wildman–Crippen MR) is 117 cm³/mol. The summed E-state index contributed by atoms with van der Waals surface area (Å²) in [4.78, 5) is 26.0. The second kappa shape index (κ2) is 7.72. The van der Waals surface area contributed by atoms with Crippen LogP contribution in [-0.4, -0.2) is 46.4 Å². The van der Waals surface area contributed by atoms with Gasteiger partial charge in [0.2, 0.25) is 0 Å². The normalized spacial score (nSPS) is 17.5. The predicted octanol–water partition coefficient (Wildman–Crippen LogP) is 3.72. The number of likely N-dealkylation sites (tertiary alicyclic amines) is 1. The Morgan fingerprint density at radius 1 is 1.10 bits per heavy atom. The molecule has 0 aliphatic carbocycles. The molecule has 1 fully saturated rings. The van der Waals surface area contributed by atoms with Crippen molar-refractivity contribution in [3.05, 3.63) is 68.7 Å². The topological polar surface area (TPSA) is 59.7 Å². The molecule has 0 amide bonds. The number of hydrogen-bond acceptors (Lipinski definition) is 5. The minimum atomic E-state index is -0.0901. The Morgan fingerprint density at radius 2 is 1.93 bits per heavy atom. The molecule has 1 saturated heterocycles. The number of hydrogen-bond donors (Lipinski definition) is 0. The van der Waals surface area contributed by atoms with Crippen molar-refractivity contribution in [3.63, 3.8) is 0 Å². The molecule has 2 aliphatic rings. The van der Waals surface area contributed by atoms with E-state index in [4.69, 9.17) is 9.82 Å². The second-order valence-corrected chi connectivity index (χ2v) is 8.35. The fraction of sp³-hybridized carbons (Fsp3) is 0.318. The van der Waals surface area contributed by atoms with Crippen LogP contribution < -0.4 is 5.56 Å². The lowest BCUT2D eigenvalue weighted by molar-refractivity contribution is 0.103. The number of rotatable bonds is 4. The van der Waals surface area contributed by atoms with E-state index in [1.165, 1.54) is 19.3 Å². The molecule has 2 aromatic carbocycles. The van der Waals surface area contributed by atoms with Gasteiger partial charge in [-0.05, 0) is 56.3 Å². The number of nitrogens with zero attached hydrogens (tertiary/aromatic N) is 4. The highest BCUT2D eigenvalue weighted by Gasteiger charge is 2.29. The number of benzene rings is 2. The molecule has 0 radical (unpaired) electrons. The maximum Gasteiger partial charge on any atom is 0.266 e. The van der Waals surface area contributed by atoms with Gasteiger partial charge < -0.3 is 4.84 Å². The minimum absolute atomic E-state index is 0.0901. The Balaban J connectivity index is 1.52. The molecule has 0 bridgehead atoms. The van der Waals surface area contributed by atoms with Gasteiger partial charge in [0, 0.05) is 16.6 Å². The summed E-state index contributed by atoms with van der Waals surface area (Å²) in [6.07, 6.45) is 3.82. The van der Waals surface area contributed by atoms with Gasteiger partial charge in [-0.1, -0.05) is 39.6 Å². The third kappa shape index (κ3) is 3.38. The zero-order valence-corrected chi connectivity index (χ0v) is 17.6. The van der Waals surface area contributed by atoms with Crippen LogP contribution in [0, 0.1) is 0 Å². The Labute approximate surface area is 176 Å². The standard InChI is InChI=1S/C22H21BrN4O2/c23-15-8-9-19-17(14-15)20(25-29-13-12-26-10-4-1-5-11-26)21-24-18-7-3-2-6-16(18)22(28)27(19)21/h2-3,6-9,14H,1,4-5,10-13H2/b25-20+. The molecule has 2 aliphatic heterocycles. The summed E-state index contributed by atoms with van der Waals surface area (Å²) in [5.41, 5.74) is 2.80. The summed E-state index contributed by atoms with van der Waals surface area (Å²) in [5.74, 6) is 0.528. The van der Waals surface area contributed by atoms with E-state index in [1.54, 1.807) is 10.6 Å². The van der Waals surface area contributed by atoms with Crippen molar-refractivity contribution in [2.75, 3.05) is 26.2 Å². The third-order valence-electron chi connectivity index (χ3n) is 5.55. The number of para-hydroxylation sites is 1. The second-order valence-electron chi connectivity index (χ2n) is 7.43. The zero-order valence-electron chi connectivity index (χ0n) is 16.0. The van der Waals surface area contributed by atoms with Crippen molar-refractivity contribution < 1.29 is 4.84 Å². The molecule has 0 unspecified atom stereocenters. The maximum atomic E-state index is 13.2. The Hall–Kier alpha value is -2.51. The summed E-state index contributed by atoms with van der Waals surface area (Å²) in [6.45, 7) is 3.63. The molecule has 5 rings (SSSR count). The molecule has 3 heterocycles. The molecule has 3 aromatic rings. The molecule has 0 spiro atoms. The number of aromatic nitrogens is 2. The summed E-state index contributed by atoms with van der Waals surface area (Å²) in [6, 6.07) is 13.2. The van der Waals surface area contributed by atoms with E-state index in [0.29, 0.717) is 29.0 Å². The van der Waals surface area contributed by atoms with Gasteiger partial charge in [-0.25, -0.2) is 4.98 Å². The zero-order chi connectivity index (χ0) is 19.8. The van der Waals surface area contributed by atoms with Crippen LogP contribution in [0.4, 0.5) is 0 Å². The van der Waals surface area contributed by atoms with E-state index in [9.17, 15) is 4.79 Å². The first-order chi connectivity index (χ1) is 14.2. The molecule has 6 nitrogen and oxygen atoms in total. The van der Waals surface area contributed by atoms with Crippen molar-refractivity contribution >= 4 is 32.5 Å². The largest absolute Gasteiger partial charge is 0.394 e. The SMILES string of the molecule is O=c1c2ccccc2nc2n1-c1ccc(Br)cc1/C2=N\OCCN1CCCCC1. The molecular formula is C22H21BrN4O2. The summed E-state index contributed by atoms with van der Waals surface area (Å²) >= 11 is 3.52. The molecular weight excluding hydrogens is 432 g/mol. The van der Waals surface area contributed by atoms with Gasteiger partial charge in [0.05, 0.1) is 16.6 Å². The van der Waals surface area contributed by atoms with E-state index in [-0.39, 0.29) is 5.56 Å². The van der Waals surface area contributed by atoms with Gasteiger partial charge >= 0.3 is 0 Å². The van der Waals surface area contributed by atoms with Crippen molar-refractivity contribution in [1.29, 1.82) is 0 Å². The monoisotopic (exact) mass is 452 g/mol. The summed E-state index contributed by atoms with van der Waals surface area (Å²) in [5, 5.41) is 5.02. The molecule has 7 heteroatoms. The fourth-order valence-corrected chi connectivity index (χ4v) is 4.44. The smallest absolute Gasteiger partial charge is 0.266 e. The fourth-order valence-electron chi connectivity index (χ4n) is 4.08. The Morgan fingerprint density at radius 3 is 2.79 bits per heavy atom. The lowest BCUT2D eigenvalue weighted by atomic mass is 10.1. The number of halogens is 1. The third-order valence-corrected chi connectivity index (χ3v) is 6.04. The quantitative estimate of drug-likeness (QED) is 0.349. The van der Waals surface area contributed by atoms with Crippen LogP contribution in [0.25, 0.3) is 16.6 Å². The van der Waals surface area contributed by atoms with Crippen molar-refractivity contribution in [1.82, 2.24) is 14.5 Å². The van der Waals surface area contributed by atoms with Crippen LogP contribution in [0.3, 0.4) is 0 Å². The molecule has 0 saturated carbocycles. The number of oxime groups is 1. The highest BCUT2D eigenvalue weighted by molar-refractivity contribution is 9.10. The first kappa shape index (κ1) is 18.5. The van der Waals surface area contributed by atoms with Crippen LogP contribution in [0.15, 0.2) is 56.9 Å². The van der Waals surface area contributed by atoms with Gasteiger partial charge in [0.25, 0.3) is 5.56 Å². The maximum absolute atomic E-state index is 13.2. The van der Waals surface area contributed by atoms with E-state index < -0.39 is 0 Å². The summed E-state index contributed by atoms with van der Waals surface area (Å²) < 4.78 is 2.55. The first-order valence-electron chi connectivity index (χ1n) is 9.97. The van der Waals surface area contributed by atoms with Gasteiger partial charge in [-0.2, -0.15) is 0 Å².